The van der Waals surface area contributed by atoms with Crippen molar-refractivity contribution in [2.24, 2.45) is 0 Å². The Morgan fingerprint density at radius 1 is 0.828 bits per heavy atom. The van der Waals surface area contributed by atoms with Gasteiger partial charge in [0.25, 0.3) is 0 Å². The fourth-order valence-corrected chi connectivity index (χ4v) is 3.84. The molecule has 0 spiro atoms. The van der Waals surface area contributed by atoms with E-state index in [-0.39, 0.29) is 6.04 Å². The Morgan fingerprint density at radius 3 is 2.03 bits per heavy atom. The summed E-state index contributed by atoms with van der Waals surface area (Å²) < 4.78 is 2.37. The van der Waals surface area contributed by atoms with Crippen LogP contribution < -0.4 is 0 Å². The second kappa shape index (κ2) is 8.41. The van der Waals surface area contributed by atoms with Gasteiger partial charge in [-0.15, -0.1) is 0 Å². The van der Waals surface area contributed by atoms with Crippen LogP contribution in [0.1, 0.15) is 13.0 Å². The van der Waals surface area contributed by atoms with Gasteiger partial charge in [-0.25, -0.2) is 4.98 Å². The van der Waals surface area contributed by atoms with Crippen molar-refractivity contribution >= 4 is 0 Å². The van der Waals surface area contributed by atoms with Crippen molar-refractivity contribution in [3.05, 3.63) is 85.2 Å². The third kappa shape index (κ3) is 3.98. The van der Waals surface area contributed by atoms with Crippen molar-refractivity contribution in [1.29, 1.82) is 0 Å². The van der Waals surface area contributed by atoms with Crippen LogP contribution in [0.5, 0.6) is 0 Å². The van der Waals surface area contributed by atoms with Crippen LogP contribution >= 0.6 is 0 Å². The summed E-state index contributed by atoms with van der Waals surface area (Å²) in [5.74, 6) is 0.949. The molecule has 2 heterocycles. The minimum Gasteiger partial charge on any atom is -0.319 e. The zero-order chi connectivity index (χ0) is 20.2. The number of aromatic nitrogens is 3. The molecule has 0 aliphatic rings. The molecule has 4 heteroatoms. The Balaban J connectivity index is 2.03. The molecule has 0 bridgehead atoms. The highest BCUT2D eigenvalue weighted by atomic mass is 15.2. The van der Waals surface area contributed by atoms with Crippen LogP contribution in [-0.2, 0) is 0 Å². The SMILES string of the molecule is CC(CN(C)C)n1c(-c2cccnc2)nc(-c2ccccc2)c1-c1ccccc1. The molecule has 0 saturated heterocycles. The maximum absolute atomic E-state index is 5.16. The maximum atomic E-state index is 5.16. The van der Waals surface area contributed by atoms with E-state index in [4.69, 9.17) is 4.98 Å². The smallest absolute Gasteiger partial charge is 0.143 e. The molecule has 29 heavy (non-hydrogen) atoms. The minimum absolute atomic E-state index is 0.236. The van der Waals surface area contributed by atoms with Gasteiger partial charge in [0.2, 0.25) is 0 Å². The lowest BCUT2D eigenvalue weighted by molar-refractivity contribution is 0.339. The number of nitrogens with zero attached hydrogens (tertiary/aromatic N) is 4. The first kappa shape index (κ1) is 19.1. The highest BCUT2D eigenvalue weighted by Gasteiger charge is 2.24. The summed E-state index contributed by atoms with van der Waals surface area (Å²) in [6.45, 7) is 3.17. The Morgan fingerprint density at radius 2 is 1.45 bits per heavy atom. The van der Waals surface area contributed by atoms with E-state index in [0.29, 0.717) is 0 Å². The third-order valence-electron chi connectivity index (χ3n) is 5.00. The molecule has 0 N–H and O–H groups in total. The molecular weight excluding hydrogens is 356 g/mol. The Labute approximate surface area is 172 Å². The van der Waals surface area contributed by atoms with E-state index in [9.17, 15) is 0 Å². The zero-order valence-electron chi connectivity index (χ0n) is 17.2. The van der Waals surface area contributed by atoms with Crippen molar-refractivity contribution in [2.75, 3.05) is 20.6 Å². The summed E-state index contributed by atoms with van der Waals surface area (Å²) >= 11 is 0. The van der Waals surface area contributed by atoms with Gasteiger partial charge in [-0.2, -0.15) is 0 Å². The highest BCUT2D eigenvalue weighted by Crippen LogP contribution is 2.38. The Bertz CT molecular complexity index is 1050. The largest absolute Gasteiger partial charge is 0.319 e. The number of imidazole rings is 1. The summed E-state index contributed by atoms with van der Waals surface area (Å²) in [6.07, 6.45) is 3.70. The lowest BCUT2D eigenvalue weighted by Gasteiger charge is -2.23. The Hall–Kier alpha value is -3.24. The summed E-state index contributed by atoms with van der Waals surface area (Å²) in [7, 11) is 4.22. The van der Waals surface area contributed by atoms with Crippen molar-refractivity contribution in [3.63, 3.8) is 0 Å². The molecule has 0 aliphatic heterocycles. The summed E-state index contributed by atoms with van der Waals surface area (Å²) in [6, 6.07) is 25.3. The van der Waals surface area contributed by atoms with E-state index < -0.39 is 0 Å². The van der Waals surface area contributed by atoms with E-state index in [2.05, 4.69) is 96.1 Å². The van der Waals surface area contributed by atoms with Gasteiger partial charge in [-0.05, 0) is 33.2 Å². The summed E-state index contributed by atoms with van der Waals surface area (Å²) in [5.41, 5.74) is 5.45. The van der Waals surface area contributed by atoms with Gasteiger partial charge in [0.1, 0.15) is 5.82 Å². The van der Waals surface area contributed by atoms with Crippen molar-refractivity contribution in [3.8, 4) is 33.9 Å². The van der Waals surface area contributed by atoms with E-state index in [0.717, 1.165) is 34.9 Å². The summed E-state index contributed by atoms with van der Waals surface area (Å²) in [5, 5.41) is 0. The fourth-order valence-electron chi connectivity index (χ4n) is 3.84. The van der Waals surface area contributed by atoms with E-state index in [1.807, 2.05) is 18.3 Å². The van der Waals surface area contributed by atoms with Crippen molar-refractivity contribution < 1.29 is 0 Å². The standard InChI is InChI=1S/C25H26N4/c1-19(18-28(2)3)29-24(21-13-8-5-9-14-21)23(20-11-6-4-7-12-20)27-25(29)22-15-10-16-26-17-22/h4-17,19H,18H2,1-3H3. The predicted molar refractivity (Wildman–Crippen MR) is 120 cm³/mol. The lowest BCUT2D eigenvalue weighted by atomic mass is 10.0. The van der Waals surface area contributed by atoms with Crippen LogP contribution in [0.4, 0.5) is 0 Å². The molecule has 4 rings (SSSR count). The number of likely N-dealkylation sites (N-methyl/N-ethyl adjacent to an activating group) is 1. The van der Waals surface area contributed by atoms with E-state index in [1.165, 1.54) is 5.56 Å². The first-order valence-corrected chi connectivity index (χ1v) is 9.93. The number of hydrogen-bond acceptors (Lipinski definition) is 3. The van der Waals surface area contributed by atoms with Crippen LogP contribution in [0, 0.1) is 0 Å². The molecule has 0 radical (unpaired) electrons. The molecule has 0 fully saturated rings. The summed E-state index contributed by atoms with van der Waals surface area (Å²) in [4.78, 5) is 11.7. The van der Waals surface area contributed by atoms with Crippen LogP contribution in [0.25, 0.3) is 33.9 Å². The van der Waals surface area contributed by atoms with Gasteiger partial charge in [0.15, 0.2) is 0 Å². The average molecular weight is 383 g/mol. The van der Waals surface area contributed by atoms with Gasteiger partial charge >= 0.3 is 0 Å². The van der Waals surface area contributed by atoms with Gasteiger partial charge in [-0.3, -0.25) is 4.98 Å². The Kier molecular flexibility index (Phi) is 5.54. The molecule has 2 aromatic heterocycles. The van der Waals surface area contributed by atoms with Gasteiger partial charge in [0, 0.05) is 41.7 Å². The molecule has 0 saturated carbocycles. The normalized spacial score (nSPS) is 12.3. The first-order chi connectivity index (χ1) is 14.1. The molecule has 4 aromatic rings. The minimum atomic E-state index is 0.236. The number of pyridine rings is 1. The average Bonchev–Trinajstić information content (AvgIpc) is 3.16. The molecule has 2 aromatic carbocycles. The van der Waals surface area contributed by atoms with Gasteiger partial charge < -0.3 is 9.47 Å². The van der Waals surface area contributed by atoms with E-state index in [1.54, 1.807) is 6.20 Å². The predicted octanol–water partition coefficient (Wildman–Crippen LogP) is 5.40. The first-order valence-electron chi connectivity index (χ1n) is 9.93. The quantitative estimate of drug-likeness (QED) is 0.448. The van der Waals surface area contributed by atoms with Crippen LogP contribution in [0.3, 0.4) is 0 Å². The second-order valence-corrected chi connectivity index (χ2v) is 7.59. The zero-order valence-corrected chi connectivity index (χ0v) is 17.2. The van der Waals surface area contributed by atoms with Crippen molar-refractivity contribution in [2.45, 2.75) is 13.0 Å². The third-order valence-corrected chi connectivity index (χ3v) is 5.00. The van der Waals surface area contributed by atoms with Crippen LogP contribution in [0.15, 0.2) is 85.2 Å². The maximum Gasteiger partial charge on any atom is 0.143 e. The van der Waals surface area contributed by atoms with Crippen LogP contribution in [0.2, 0.25) is 0 Å². The van der Waals surface area contributed by atoms with E-state index >= 15 is 0 Å². The monoisotopic (exact) mass is 382 g/mol. The number of rotatable bonds is 6. The molecule has 4 nitrogen and oxygen atoms in total. The van der Waals surface area contributed by atoms with Gasteiger partial charge in [-0.1, -0.05) is 60.7 Å². The molecule has 146 valence electrons. The molecular formula is C25H26N4. The second-order valence-electron chi connectivity index (χ2n) is 7.59. The molecule has 0 amide bonds. The van der Waals surface area contributed by atoms with Crippen LogP contribution in [-0.4, -0.2) is 40.1 Å². The lowest BCUT2D eigenvalue weighted by Crippen LogP contribution is -2.23. The van der Waals surface area contributed by atoms with Crippen molar-refractivity contribution in [1.82, 2.24) is 19.4 Å². The molecule has 1 atom stereocenters. The topological polar surface area (TPSA) is 34.0 Å². The number of benzene rings is 2. The highest BCUT2D eigenvalue weighted by molar-refractivity contribution is 5.82. The molecule has 0 aliphatic carbocycles. The number of hydrogen-bond donors (Lipinski definition) is 0. The fraction of sp³-hybridized carbons (Fsp3) is 0.200. The molecule has 1 unspecified atom stereocenters. The van der Waals surface area contributed by atoms with Gasteiger partial charge in [0.05, 0.1) is 11.4 Å².